The van der Waals surface area contributed by atoms with Crippen LogP contribution in [0.15, 0.2) is 61.2 Å². The molecule has 0 saturated carbocycles. The SMILES string of the molecule is C=CCOc1ccc(NC(=S)NCCSCc2cccc(Cl)c2)cc1. The molecule has 0 aliphatic heterocycles. The first kappa shape index (κ1) is 19.6. The van der Waals surface area contributed by atoms with Crippen LogP contribution in [0.5, 0.6) is 5.75 Å². The van der Waals surface area contributed by atoms with Crippen molar-refractivity contribution >= 4 is 46.4 Å². The van der Waals surface area contributed by atoms with Crippen molar-refractivity contribution in [2.45, 2.75) is 5.75 Å². The van der Waals surface area contributed by atoms with E-state index in [2.05, 4.69) is 23.3 Å². The van der Waals surface area contributed by atoms with Gasteiger partial charge in [-0.1, -0.05) is 36.4 Å². The van der Waals surface area contributed by atoms with E-state index in [4.69, 9.17) is 28.6 Å². The molecule has 6 heteroatoms. The number of ether oxygens (including phenoxy) is 1. The van der Waals surface area contributed by atoms with E-state index in [1.165, 1.54) is 5.56 Å². The molecular weight excluding hydrogens is 372 g/mol. The minimum Gasteiger partial charge on any atom is -0.490 e. The van der Waals surface area contributed by atoms with Gasteiger partial charge < -0.3 is 15.4 Å². The van der Waals surface area contributed by atoms with Crippen LogP contribution in [0.1, 0.15) is 5.56 Å². The maximum atomic E-state index is 5.98. The summed E-state index contributed by atoms with van der Waals surface area (Å²) in [6, 6.07) is 15.6. The monoisotopic (exact) mass is 392 g/mol. The molecule has 0 atom stereocenters. The van der Waals surface area contributed by atoms with Crippen molar-refractivity contribution in [3.05, 3.63) is 71.8 Å². The molecule has 3 nitrogen and oxygen atoms in total. The lowest BCUT2D eigenvalue weighted by molar-refractivity contribution is 0.363. The van der Waals surface area contributed by atoms with E-state index in [-0.39, 0.29) is 0 Å². The Labute approximate surface area is 163 Å². The van der Waals surface area contributed by atoms with Gasteiger partial charge in [-0.05, 0) is 54.2 Å². The quantitative estimate of drug-likeness (QED) is 0.351. The van der Waals surface area contributed by atoms with Crippen molar-refractivity contribution < 1.29 is 4.74 Å². The normalized spacial score (nSPS) is 10.1. The first-order valence-corrected chi connectivity index (χ1v) is 9.82. The van der Waals surface area contributed by atoms with E-state index in [0.29, 0.717) is 11.7 Å². The van der Waals surface area contributed by atoms with Gasteiger partial charge in [-0.3, -0.25) is 0 Å². The molecule has 0 fully saturated rings. The van der Waals surface area contributed by atoms with Crippen LogP contribution in [0.25, 0.3) is 0 Å². The van der Waals surface area contributed by atoms with Crippen LogP contribution >= 0.6 is 35.6 Å². The van der Waals surface area contributed by atoms with Gasteiger partial charge in [0.15, 0.2) is 5.11 Å². The lowest BCUT2D eigenvalue weighted by Gasteiger charge is -2.11. The van der Waals surface area contributed by atoms with E-state index >= 15 is 0 Å². The number of thiocarbonyl (C=S) groups is 1. The van der Waals surface area contributed by atoms with E-state index in [9.17, 15) is 0 Å². The van der Waals surface area contributed by atoms with Gasteiger partial charge in [-0.15, -0.1) is 0 Å². The fourth-order valence-corrected chi connectivity index (χ4v) is 3.26. The predicted molar refractivity (Wildman–Crippen MR) is 114 cm³/mol. The Balaban J connectivity index is 1.62. The predicted octanol–water partition coefficient (Wildman–Crippen LogP) is 5.12. The Morgan fingerprint density at radius 1 is 1.24 bits per heavy atom. The van der Waals surface area contributed by atoms with Crippen molar-refractivity contribution in [2.24, 2.45) is 0 Å². The third-order valence-electron chi connectivity index (χ3n) is 3.17. The molecule has 2 N–H and O–H groups in total. The number of thioether (sulfide) groups is 1. The first-order chi connectivity index (χ1) is 12.2. The second-order valence-electron chi connectivity index (χ2n) is 5.19. The van der Waals surface area contributed by atoms with Crippen LogP contribution in [0, 0.1) is 0 Å². The molecule has 0 bridgehead atoms. The molecule has 2 rings (SSSR count). The molecule has 0 spiro atoms. The maximum Gasteiger partial charge on any atom is 0.170 e. The molecule has 0 aromatic heterocycles. The Kier molecular flexibility index (Phi) is 8.66. The van der Waals surface area contributed by atoms with Crippen LogP contribution in [-0.2, 0) is 5.75 Å². The summed E-state index contributed by atoms with van der Waals surface area (Å²) in [5, 5.41) is 7.76. The second kappa shape index (κ2) is 11.0. The summed E-state index contributed by atoms with van der Waals surface area (Å²) < 4.78 is 5.45. The van der Waals surface area contributed by atoms with E-state index in [0.717, 1.165) is 34.5 Å². The van der Waals surface area contributed by atoms with Crippen molar-refractivity contribution in [1.29, 1.82) is 0 Å². The Bertz CT molecular complexity index is 692. The standard InChI is InChI=1S/C19H21ClN2OS2/c1-2-11-23-18-8-6-17(7-9-18)22-19(24)21-10-12-25-14-15-4-3-5-16(20)13-15/h2-9,13H,1,10-12,14H2,(H2,21,22,24). The number of hydrogen-bond acceptors (Lipinski definition) is 3. The van der Waals surface area contributed by atoms with E-state index in [1.807, 2.05) is 54.2 Å². The fraction of sp³-hybridized carbons (Fsp3) is 0.211. The summed E-state index contributed by atoms with van der Waals surface area (Å²) in [5.41, 5.74) is 2.16. The molecule has 25 heavy (non-hydrogen) atoms. The van der Waals surface area contributed by atoms with Crippen LogP contribution in [0.3, 0.4) is 0 Å². The summed E-state index contributed by atoms with van der Waals surface area (Å²) in [5.74, 6) is 2.71. The van der Waals surface area contributed by atoms with Crippen LogP contribution in [0.4, 0.5) is 5.69 Å². The number of hydrogen-bond donors (Lipinski definition) is 2. The number of benzene rings is 2. The average Bonchev–Trinajstić information content (AvgIpc) is 2.61. The molecule has 0 heterocycles. The first-order valence-electron chi connectivity index (χ1n) is 7.88. The van der Waals surface area contributed by atoms with Gasteiger partial charge in [-0.2, -0.15) is 11.8 Å². The highest BCUT2D eigenvalue weighted by atomic mass is 35.5. The third-order valence-corrected chi connectivity index (χ3v) is 4.68. The molecule has 0 saturated heterocycles. The topological polar surface area (TPSA) is 33.3 Å². The molecule has 0 aliphatic carbocycles. The maximum absolute atomic E-state index is 5.98. The summed E-state index contributed by atoms with van der Waals surface area (Å²) in [4.78, 5) is 0. The van der Waals surface area contributed by atoms with Crippen molar-refractivity contribution in [1.82, 2.24) is 5.32 Å². The lowest BCUT2D eigenvalue weighted by Crippen LogP contribution is -2.30. The van der Waals surface area contributed by atoms with Crippen molar-refractivity contribution in [2.75, 3.05) is 24.2 Å². The van der Waals surface area contributed by atoms with Crippen LogP contribution < -0.4 is 15.4 Å². The van der Waals surface area contributed by atoms with Gasteiger partial charge in [0.1, 0.15) is 12.4 Å². The summed E-state index contributed by atoms with van der Waals surface area (Å²) >= 11 is 13.1. The van der Waals surface area contributed by atoms with Gasteiger partial charge in [0.05, 0.1) is 0 Å². The van der Waals surface area contributed by atoms with Gasteiger partial charge in [0.2, 0.25) is 0 Å². The highest BCUT2D eigenvalue weighted by Gasteiger charge is 1.99. The van der Waals surface area contributed by atoms with Gasteiger partial charge >= 0.3 is 0 Å². The van der Waals surface area contributed by atoms with Gasteiger partial charge in [0, 0.05) is 28.8 Å². The zero-order chi connectivity index (χ0) is 17.9. The third kappa shape index (κ3) is 7.82. The number of nitrogens with one attached hydrogen (secondary N) is 2. The minimum absolute atomic E-state index is 0.500. The molecular formula is C19H21ClN2OS2. The molecule has 0 unspecified atom stereocenters. The molecule has 132 valence electrons. The summed E-state index contributed by atoms with van der Waals surface area (Å²) in [6.07, 6.45) is 1.72. The zero-order valence-corrected chi connectivity index (χ0v) is 16.2. The van der Waals surface area contributed by atoms with Gasteiger partial charge in [0.25, 0.3) is 0 Å². The fourth-order valence-electron chi connectivity index (χ4n) is 2.02. The molecule has 0 aliphatic rings. The summed E-state index contributed by atoms with van der Waals surface area (Å²) in [7, 11) is 0. The van der Waals surface area contributed by atoms with Crippen LogP contribution in [-0.4, -0.2) is 24.0 Å². The Hall–Kier alpha value is -1.69. The van der Waals surface area contributed by atoms with E-state index < -0.39 is 0 Å². The highest BCUT2D eigenvalue weighted by Crippen LogP contribution is 2.17. The number of halogens is 1. The lowest BCUT2D eigenvalue weighted by atomic mass is 10.2. The highest BCUT2D eigenvalue weighted by molar-refractivity contribution is 7.98. The molecule has 0 amide bonds. The average molecular weight is 393 g/mol. The number of rotatable bonds is 9. The largest absolute Gasteiger partial charge is 0.490 e. The molecule has 2 aromatic rings. The zero-order valence-electron chi connectivity index (χ0n) is 13.8. The summed E-state index contributed by atoms with van der Waals surface area (Å²) in [6.45, 7) is 4.93. The van der Waals surface area contributed by atoms with Crippen molar-refractivity contribution in [3.63, 3.8) is 0 Å². The van der Waals surface area contributed by atoms with Gasteiger partial charge in [-0.25, -0.2) is 0 Å². The minimum atomic E-state index is 0.500. The Morgan fingerprint density at radius 2 is 2.04 bits per heavy atom. The smallest absolute Gasteiger partial charge is 0.170 e. The molecule has 0 radical (unpaired) electrons. The van der Waals surface area contributed by atoms with Crippen LogP contribution in [0.2, 0.25) is 5.02 Å². The second-order valence-corrected chi connectivity index (χ2v) is 7.14. The van der Waals surface area contributed by atoms with Crippen molar-refractivity contribution in [3.8, 4) is 5.75 Å². The molecule has 2 aromatic carbocycles. The Morgan fingerprint density at radius 3 is 2.76 bits per heavy atom. The number of anilines is 1. The van der Waals surface area contributed by atoms with E-state index in [1.54, 1.807) is 6.08 Å².